The van der Waals surface area contributed by atoms with Crippen molar-refractivity contribution < 1.29 is 32.2 Å². The van der Waals surface area contributed by atoms with Crippen LogP contribution in [0.25, 0.3) is 0 Å². The van der Waals surface area contributed by atoms with Crippen LogP contribution in [-0.4, -0.2) is 35.0 Å². The molecule has 13 heteroatoms. The number of hydrogen-bond donors (Lipinski definition) is 2. The second-order valence-corrected chi connectivity index (χ2v) is 8.59. The highest BCUT2D eigenvalue weighted by Crippen LogP contribution is 2.35. The van der Waals surface area contributed by atoms with Crippen molar-refractivity contribution in [1.82, 2.24) is 15.3 Å². The number of thiazole rings is 1. The number of carbonyl (C=O) groups is 2. The maximum atomic E-state index is 13.0. The summed E-state index contributed by atoms with van der Waals surface area (Å²) < 4.78 is 49.9. The number of nitrogens with zero attached hydrogens (tertiary/aromatic N) is 2. The van der Waals surface area contributed by atoms with Gasteiger partial charge in [-0.2, -0.15) is 13.2 Å². The third-order valence-corrected chi connectivity index (χ3v) is 6.15. The molecule has 34 heavy (non-hydrogen) atoms. The Morgan fingerprint density at radius 1 is 1.09 bits per heavy atom. The molecule has 1 atom stereocenters. The molecule has 178 valence electrons. The Morgan fingerprint density at radius 3 is 2.56 bits per heavy atom. The van der Waals surface area contributed by atoms with Gasteiger partial charge in [0, 0.05) is 11.8 Å². The van der Waals surface area contributed by atoms with Crippen LogP contribution in [-0.2, 0) is 6.18 Å². The van der Waals surface area contributed by atoms with Crippen LogP contribution in [0.5, 0.6) is 11.5 Å². The molecule has 0 aliphatic carbocycles. The molecule has 2 aromatic heterocycles. The fourth-order valence-corrected chi connectivity index (χ4v) is 4.05. The van der Waals surface area contributed by atoms with Gasteiger partial charge in [0.25, 0.3) is 11.8 Å². The molecule has 1 aliphatic rings. The second kappa shape index (κ2) is 9.47. The van der Waals surface area contributed by atoms with Crippen LogP contribution in [0, 0.1) is 0 Å². The van der Waals surface area contributed by atoms with Gasteiger partial charge in [-0.15, -0.1) is 11.3 Å². The number of fused-ring (bicyclic) bond motifs is 1. The van der Waals surface area contributed by atoms with Crippen LogP contribution in [0.4, 0.5) is 19.0 Å². The lowest BCUT2D eigenvalue weighted by Gasteiger charge is -2.19. The molecule has 1 aliphatic heterocycles. The predicted octanol–water partition coefficient (Wildman–Crippen LogP) is 4.72. The minimum absolute atomic E-state index is 0.126. The Kier molecular flexibility index (Phi) is 6.62. The van der Waals surface area contributed by atoms with Crippen LogP contribution in [0.1, 0.15) is 43.6 Å². The largest absolute Gasteiger partial charge is 0.486 e. The zero-order valence-corrected chi connectivity index (χ0v) is 19.0. The summed E-state index contributed by atoms with van der Waals surface area (Å²) in [6.45, 7) is 2.52. The summed E-state index contributed by atoms with van der Waals surface area (Å²) in [5.41, 5.74) is -0.750. The molecule has 0 bridgehead atoms. The molecule has 0 unspecified atom stereocenters. The van der Waals surface area contributed by atoms with Crippen molar-refractivity contribution in [3.63, 3.8) is 0 Å². The van der Waals surface area contributed by atoms with Gasteiger partial charge in [0.2, 0.25) is 0 Å². The van der Waals surface area contributed by atoms with E-state index >= 15 is 0 Å². The van der Waals surface area contributed by atoms with Gasteiger partial charge in [0.05, 0.1) is 22.8 Å². The smallest absolute Gasteiger partial charge is 0.418 e. The standard InChI is InChI=1S/C21H16ClF3N4O4S/c1-10(28-18(30)11-2-3-14-15(6-11)33-5-4-32-14)20-27-9-16(34-20)19(31)29-17-7-12(21(23,24)25)13(22)8-26-17/h2-3,6-10H,4-5H2,1H3,(H,28,30)(H,26,29,31)/t10-/m1/s1. The van der Waals surface area contributed by atoms with Gasteiger partial charge in [-0.05, 0) is 31.2 Å². The molecule has 0 fully saturated rings. The monoisotopic (exact) mass is 512 g/mol. The van der Waals surface area contributed by atoms with E-state index in [1.807, 2.05) is 0 Å². The summed E-state index contributed by atoms with van der Waals surface area (Å²) in [5, 5.41) is 4.93. The molecule has 0 saturated carbocycles. The number of pyridine rings is 1. The van der Waals surface area contributed by atoms with Gasteiger partial charge < -0.3 is 20.1 Å². The van der Waals surface area contributed by atoms with E-state index in [0.717, 1.165) is 17.5 Å². The highest BCUT2D eigenvalue weighted by molar-refractivity contribution is 7.13. The zero-order valence-electron chi connectivity index (χ0n) is 17.4. The van der Waals surface area contributed by atoms with Crippen molar-refractivity contribution in [1.29, 1.82) is 0 Å². The van der Waals surface area contributed by atoms with Crippen LogP contribution in [0.2, 0.25) is 5.02 Å². The van der Waals surface area contributed by atoms with Crippen LogP contribution < -0.4 is 20.1 Å². The summed E-state index contributed by atoms with van der Waals surface area (Å²) in [6, 6.07) is 4.93. The van der Waals surface area contributed by atoms with E-state index in [9.17, 15) is 22.8 Å². The molecule has 4 rings (SSSR count). The first-order chi connectivity index (χ1) is 16.1. The number of ether oxygens (including phenoxy) is 2. The summed E-state index contributed by atoms with van der Waals surface area (Å²) >= 11 is 6.53. The maximum absolute atomic E-state index is 13.0. The topological polar surface area (TPSA) is 102 Å². The molecule has 0 saturated heterocycles. The lowest BCUT2D eigenvalue weighted by atomic mass is 10.1. The first-order valence-electron chi connectivity index (χ1n) is 9.82. The van der Waals surface area contributed by atoms with Crippen LogP contribution in [0.15, 0.2) is 36.7 Å². The maximum Gasteiger partial charge on any atom is 0.418 e. The number of anilines is 1. The van der Waals surface area contributed by atoms with Gasteiger partial charge in [-0.1, -0.05) is 11.6 Å². The van der Waals surface area contributed by atoms with Gasteiger partial charge in [-0.25, -0.2) is 9.97 Å². The van der Waals surface area contributed by atoms with Crippen molar-refractivity contribution >= 4 is 40.6 Å². The first-order valence-corrected chi connectivity index (χ1v) is 11.0. The van der Waals surface area contributed by atoms with E-state index in [1.54, 1.807) is 25.1 Å². The number of halogens is 4. The first kappa shape index (κ1) is 23.8. The molecule has 0 radical (unpaired) electrons. The van der Waals surface area contributed by atoms with E-state index in [1.165, 1.54) is 6.20 Å². The minimum atomic E-state index is -4.69. The van der Waals surface area contributed by atoms with Crippen molar-refractivity contribution in [2.75, 3.05) is 18.5 Å². The number of amides is 2. The molecule has 8 nitrogen and oxygen atoms in total. The Labute approximate surface area is 200 Å². The van der Waals surface area contributed by atoms with E-state index < -0.39 is 28.7 Å². The SMILES string of the molecule is C[C@@H](NC(=O)c1ccc2c(c1)OCCO2)c1ncc(C(=O)Nc2cc(C(F)(F)F)c(Cl)cn2)s1. The normalized spacial score (nSPS) is 13.8. The fraction of sp³-hybridized carbons (Fsp3) is 0.238. The number of benzene rings is 1. The van der Waals surface area contributed by atoms with E-state index in [0.29, 0.717) is 41.4 Å². The quantitative estimate of drug-likeness (QED) is 0.512. The van der Waals surface area contributed by atoms with E-state index in [-0.39, 0.29) is 16.6 Å². The van der Waals surface area contributed by atoms with Crippen LogP contribution >= 0.6 is 22.9 Å². The molecule has 1 aromatic carbocycles. The zero-order chi connectivity index (χ0) is 24.5. The van der Waals surface area contributed by atoms with Gasteiger partial charge in [0.1, 0.15) is 28.9 Å². The Balaban J connectivity index is 1.41. The number of rotatable bonds is 5. The molecule has 0 spiro atoms. The van der Waals surface area contributed by atoms with Crippen molar-refractivity contribution in [2.45, 2.75) is 19.1 Å². The number of alkyl halides is 3. The average Bonchev–Trinajstić information content (AvgIpc) is 3.30. The van der Waals surface area contributed by atoms with Crippen LogP contribution in [0.3, 0.4) is 0 Å². The number of hydrogen-bond acceptors (Lipinski definition) is 7. The van der Waals surface area contributed by atoms with Crippen molar-refractivity contribution in [3.05, 3.63) is 62.7 Å². The van der Waals surface area contributed by atoms with Crippen molar-refractivity contribution in [3.8, 4) is 11.5 Å². The molecular formula is C21H16ClF3N4O4S. The van der Waals surface area contributed by atoms with E-state index in [2.05, 4.69) is 20.6 Å². The fourth-order valence-electron chi connectivity index (χ4n) is 3.02. The predicted molar refractivity (Wildman–Crippen MR) is 118 cm³/mol. The Morgan fingerprint density at radius 2 is 1.82 bits per heavy atom. The van der Waals surface area contributed by atoms with Gasteiger partial charge in [0.15, 0.2) is 11.5 Å². The molecule has 2 amide bonds. The molecule has 2 N–H and O–H groups in total. The van der Waals surface area contributed by atoms with Gasteiger partial charge in [-0.3, -0.25) is 9.59 Å². The second-order valence-electron chi connectivity index (χ2n) is 7.12. The molecule has 3 aromatic rings. The number of aromatic nitrogens is 2. The Bertz CT molecular complexity index is 1250. The lowest BCUT2D eigenvalue weighted by Crippen LogP contribution is -2.26. The lowest BCUT2D eigenvalue weighted by molar-refractivity contribution is -0.137. The third-order valence-electron chi connectivity index (χ3n) is 4.67. The summed E-state index contributed by atoms with van der Waals surface area (Å²) in [5.74, 6) is -0.349. The minimum Gasteiger partial charge on any atom is -0.486 e. The summed E-state index contributed by atoms with van der Waals surface area (Å²) in [7, 11) is 0. The van der Waals surface area contributed by atoms with E-state index in [4.69, 9.17) is 21.1 Å². The Hall–Kier alpha value is -3.38. The average molecular weight is 513 g/mol. The summed E-state index contributed by atoms with van der Waals surface area (Å²) in [6.07, 6.45) is -2.61. The molecular weight excluding hydrogens is 497 g/mol. The third kappa shape index (κ3) is 5.23. The highest BCUT2D eigenvalue weighted by Gasteiger charge is 2.34. The highest BCUT2D eigenvalue weighted by atomic mass is 35.5. The summed E-state index contributed by atoms with van der Waals surface area (Å²) in [4.78, 5) is 33.1. The van der Waals surface area contributed by atoms with Gasteiger partial charge >= 0.3 is 6.18 Å². The number of nitrogens with one attached hydrogen (secondary N) is 2. The van der Waals surface area contributed by atoms with Crippen molar-refractivity contribution in [2.24, 2.45) is 0 Å². The number of carbonyl (C=O) groups excluding carboxylic acids is 2. The molecule has 3 heterocycles.